The molecular weight excluding hydrogens is 267 g/mol. The predicted octanol–water partition coefficient (Wildman–Crippen LogP) is 2.34. The van der Waals surface area contributed by atoms with Crippen LogP contribution < -0.4 is 10.1 Å². The molecule has 3 nitrogen and oxygen atoms in total. The third kappa shape index (κ3) is 3.81. The highest BCUT2D eigenvalue weighted by Crippen LogP contribution is 2.26. The van der Waals surface area contributed by atoms with Gasteiger partial charge in [-0.25, -0.2) is 4.39 Å². The normalized spacial score (nSPS) is 17.6. The highest BCUT2D eigenvalue weighted by molar-refractivity contribution is 5.85. The fourth-order valence-electron chi connectivity index (χ4n) is 2.50. The summed E-state index contributed by atoms with van der Waals surface area (Å²) in [5, 5.41) is 3.29. The predicted molar refractivity (Wildman–Crippen MR) is 78.1 cm³/mol. The molecule has 0 radical (unpaired) electrons. The van der Waals surface area contributed by atoms with Gasteiger partial charge in [-0.05, 0) is 24.1 Å². The Morgan fingerprint density at radius 2 is 2.05 bits per heavy atom. The number of methoxy groups -OCH3 is 1. The van der Waals surface area contributed by atoms with Gasteiger partial charge in [0.25, 0.3) is 0 Å². The first-order valence-electron chi connectivity index (χ1n) is 6.41. The SMILES string of the molecule is COc1ccc([C@@H](CF)N2CCNCC2)cc1C.Cl. The molecule has 1 fully saturated rings. The number of nitrogens with one attached hydrogen (secondary N) is 1. The van der Waals surface area contributed by atoms with Crippen molar-refractivity contribution in [2.24, 2.45) is 0 Å². The molecule has 5 heteroatoms. The fourth-order valence-corrected chi connectivity index (χ4v) is 2.50. The van der Waals surface area contributed by atoms with Crippen molar-refractivity contribution in [2.75, 3.05) is 40.0 Å². The molecule has 1 heterocycles. The number of alkyl halides is 1. The van der Waals surface area contributed by atoms with E-state index in [-0.39, 0.29) is 25.1 Å². The Kier molecular flexibility index (Phi) is 6.55. The Balaban J connectivity index is 0.00000180. The lowest BCUT2D eigenvalue weighted by Crippen LogP contribution is -2.45. The van der Waals surface area contributed by atoms with E-state index in [4.69, 9.17) is 4.74 Å². The molecular formula is C14H22ClFN2O. The van der Waals surface area contributed by atoms with E-state index in [0.717, 1.165) is 43.1 Å². The van der Waals surface area contributed by atoms with Gasteiger partial charge >= 0.3 is 0 Å². The first kappa shape index (κ1) is 16.2. The fraction of sp³-hybridized carbons (Fsp3) is 0.571. The van der Waals surface area contributed by atoms with Crippen LogP contribution in [0, 0.1) is 6.92 Å². The van der Waals surface area contributed by atoms with Crippen LogP contribution in [-0.2, 0) is 0 Å². The highest BCUT2D eigenvalue weighted by atomic mass is 35.5. The van der Waals surface area contributed by atoms with Crippen molar-refractivity contribution in [1.29, 1.82) is 0 Å². The second-order valence-electron chi connectivity index (χ2n) is 4.69. The maximum absolute atomic E-state index is 13.3. The van der Waals surface area contributed by atoms with Crippen molar-refractivity contribution in [3.05, 3.63) is 29.3 Å². The lowest BCUT2D eigenvalue weighted by atomic mass is 10.0. The van der Waals surface area contributed by atoms with Crippen LogP contribution in [0.3, 0.4) is 0 Å². The number of benzene rings is 1. The van der Waals surface area contributed by atoms with Gasteiger partial charge in [0.15, 0.2) is 0 Å². The van der Waals surface area contributed by atoms with Crippen molar-refractivity contribution < 1.29 is 9.13 Å². The number of nitrogens with zero attached hydrogens (tertiary/aromatic N) is 1. The zero-order valence-corrected chi connectivity index (χ0v) is 12.3. The minimum atomic E-state index is -0.341. The largest absolute Gasteiger partial charge is 0.496 e. The molecule has 0 aromatic heterocycles. The lowest BCUT2D eigenvalue weighted by molar-refractivity contribution is 0.147. The topological polar surface area (TPSA) is 24.5 Å². The third-order valence-electron chi connectivity index (χ3n) is 3.54. The molecule has 1 atom stereocenters. The summed E-state index contributed by atoms with van der Waals surface area (Å²) in [6, 6.07) is 5.80. The van der Waals surface area contributed by atoms with Gasteiger partial charge in [0.05, 0.1) is 13.2 Å². The Labute approximate surface area is 120 Å². The third-order valence-corrected chi connectivity index (χ3v) is 3.54. The Hall–Kier alpha value is -0.840. The van der Waals surface area contributed by atoms with Crippen molar-refractivity contribution in [3.63, 3.8) is 0 Å². The van der Waals surface area contributed by atoms with E-state index in [1.807, 2.05) is 25.1 Å². The summed E-state index contributed by atoms with van der Waals surface area (Å²) in [4.78, 5) is 2.21. The molecule has 0 spiro atoms. The number of hydrogen-bond donors (Lipinski definition) is 1. The van der Waals surface area contributed by atoms with Crippen LogP contribution in [0.15, 0.2) is 18.2 Å². The summed E-state index contributed by atoms with van der Waals surface area (Å²) in [7, 11) is 1.66. The lowest BCUT2D eigenvalue weighted by Gasteiger charge is -2.33. The van der Waals surface area contributed by atoms with E-state index in [1.54, 1.807) is 7.11 Å². The molecule has 19 heavy (non-hydrogen) atoms. The molecule has 0 unspecified atom stereocenters. The Bertz CT molecular complexity index is 397. The van der Waals surface area contributed by atoms with Crippen LogP contribution in [0.4, 0.5) is 4.39 Å². The van der Waals surface area contributed by atoms with Crippen molar-refractivity contribution in [3.8, 4) is 5.75 Å². The smallest absolute Gasteiger partial charge is 0.121 e. The first-order chi connectivity index (χ1) is 8.76. The van der Waals surface area contributed by atoms with Gasteiger partial charge in [-0.2, -0.15) is 0 Å². The number of aryl methyl sites for hydroxylation is 1. The molecule has 0 aliphatic carbocycles. The van der Waals surface area contributed by atoms with Crippen molar-refractivity contribution >= 4 is 12.4 Å². The summed E-state index contributed by atoms with van der Waals surface area (Å²) in [5.74, 6) is 0.858. The summed E-state index contributed by atoms with van der Waals surface area (Å²) in [6.07, 6.45) is 0. The molecule has 108 valence electrons. The van der Waals surface area contributed by atoms with Crippen molar-refractivity contribution in [2.45, 2.75) is 13.0 Å². The van der Waals surface area contributed by atoms with Crippen LogP contribution in [0.2, 0.25) is 0 Å². The number of piperazine rings is 1. The summed E-state index contributed by atoms with van der Waals surface area (Å²) in [6.45, 7) is 5.33. The van der Waals surface area contributed by atoms with E-state index >= 15 is 0 Å². The van der Waals surface area contributed by atoms with Gasteiger partial charge < -0.3 is 10.1 Å². The standard InChI is InChI=1S/C14H21FN2O.ClH/c1-11-9-12(3-4-14(11)18-2)13(10-15)17-7-5-16-6-8-17;/h3-4,9,13,16H,5-8,10H2,1-2H3;1H/t13-;/m1./s1. The van der Waals surface area contributed by atoms with Crippen LogP contribution in [0.1, 0.15) is 17.2 Å². The van der Waals surface area contributed by atoms with Gasteiger partial charge in [-0.15, -0.1) is 12.4 Å². The van der Waals surface area contributed by atoms with Crippen LogP contribution in [-0.4, -0.2) is 44.9 Å². The maximum Gasteiger partial charge on any atom is 0.121 e. The average molecular weight is 289 g/mol. The molecule has 2 rings (SSSR count). The number of ether oxygens (including phenoxy) is 1. The van der Waals surface area contributed by atoms with Crippen LogP contribution >= 0.6 is 12.4 Å². The summed E-state index contributed by atoms with van der Waals surface area (Å²) < 4.78 is 18.6. The minimum Gasteiger partial charge on any atom is -0.496 e. The van der Waals surface area contributed by atoms with Crippen LogP contribution in [0.5, 0.6) is 5.75 Å². The average Bonchev–Trinajstić information content (AvgIpc) is 2.41. The Morgan fingerprint density at radius 3 is 2.58 bits per heavy atom. The molecule has 1 aliphatic heterocycles. The van der Waals surface area contributed by atoms with Crippen LogP contribution in [0.25, 0.3) is 0 Å². The second kappa shape index (κ2) is 7.68. The van der Waals surface area contributed by atoms with Gasteiger partial charge in [0.1, 0.15) is 12.4 Å². The quantitative estimate of drug-likeness (QED) is 0.920. The second-order valence-corrected chi connectivity index (χ2v) is 4.69. The number of rotatable bonds is 4. The van der Waals surface area contributed by atoms with E-state index in [9.17, 15) is 4.39 Å². The zero-order valence-electron chi connectivity index (χ0n) is 11.5. The molecule has 1 saturated heterocycles. The summed E-state index contributed by atoms with van der Waals surface area (Å²) in [5.41, 5.74) is 2.10. The van der Waals surface area contributed by atoms with Gasteiger partial charge in [-0.1, -0.05) is 12.1 Å². The van der Waals surface area contributed by atoms with Gasteiger partial charge in [0.2, 0.25) is 0 Å². The molecule has 1 aliphatic rings. The highest BCUT2D eigenvalue weighted by Gasteiger charge is 2.22. The van der Waals surface area contributed by atoms with E-state index < -0.39 is 0 Å². The number of halogens is 2. The zero-order chi connectivity index (χ0) is 13.0. The van der Waals surface area contributed by atoms with E-state index in [2.05, 4.69) is 10.2 Å². The first-order valence-corrected chi connectivity index (χ1v) is 6.41. The Morgan fingerprint density at radius 1 is 1.37 bits per heavy atom. The monoisotopic (exact) mass is 288 g/mol. The molecule has 0 amide bonds. The van der Waals surface area contributed by atoms with Crippen molar-refractivity contribution in [1.82, 2.24) is 10.2 Å². The minimum absolute atomic E-state index is 0. The van der Waals surface area contributed by atoms with E-state index in [0.29, 0.717) is 0 Å². The van der Waals surface area contributed by atoms with Gasteiger partial charge in [-0.3, -0.25) is 4.90 Å². The van der Waals surface area contributed by atoms with E-state index in [1.165, 1.54) is 0 Å². The molecule has 1 aromatic carbocycles. The molecule has 1 aromatic rings. The molecule has 1 N–H and O–H groups in total. The molecule has 0 saturated carbocycles. The maximum atomic E-state index is 13.3. The van der Waals surface area contributed by atoms with Gasteiger partial charge in [0, 0.05) is 26.2 Å². The molecule has 0 bridgehead atoms. The summed E-state index contributed by atoms with van der Waals surface area (Å²) >= 11 is 0. The number of hydrogen-bond acceptors (Lipinski definition) is 3.